The van der Waals surface area contributed by atoms with Gasteiger partial charge in [0, 0.05) is 32.2 Å². The number of methoxy groups -OCH3 is 1. The molecule has 2 aliphatic heterocycles. The van der Waals surface area contributed by atoms with Crippen molar-refractivity contribution in [3.8, 4) is 11.5 Å². The van der Waals surface area contributed by atoms with Crippen LogP contribution in [0.4, 0.5) is 0 Å². The van der Waals surface area contributed by atoms with Crippen LogP contribution in [-0.4, -0.2) is 53.2 Å². The summed E-state index contributed by atoms with van der Waals surface area (Å²) in [7, 11) is 1.57. The van der Waals surface area contributed by atoms with Crippen LogP contribution in [0.25, 0.3) is 5.76 Å². The molecule has 2 aromatic rings. The predicted octanol–water partition coefficient (Wildman–Crippen LogP) is 3.17. The van der Waals surface area contributed by atoms with Crippen molar-refractivity contribution in [1.29, 1.82) is 0 Å². The zero-order chi connectivity index (χ0) is 22.1. The van der Waals surface area contributed by atoms with Crippen LogP contribution in [0.2, 0.25) is 0 Å². The van der Waals surface area contributed by atoms with Gasteiger partial charge in [0.15, 0.2) is 0 Å². The number of hydrogen-bond donors (Lipinski definition) is 2. The van der Waals surface area contributed by atoms with Crippen LogP contribution >= 0.6 is 0 Å². The normalized spacial score (nSPS) is 21.9. The Hall–Kier alpha value is -3.32. The molecule has 2 atom stereocenters. The Labute approximate surface area is 180 Å². The zero-order valence-corrected chi connectivity index (χ0v) is 17.5. The average Bonchev–Trinajstić information content (AvgIpc) is 3.25. The number of amides is 1. The molecular formula is C24H25NO6. The van der Waals surface area contributed by atoms with Crippen LogP contribution in [0.15, 0.2) is 48.0 Å². The summed E-state index contributed by atoms with van der Waals surface area (Å²) in [6.45, 7) is 2.71. The Morgan fingerprint density at radius 2 is 1.94 bits per heavy atom. The smallest absolute Gasteiger partial charge is 0.295 e. The first kappa shape index (κ1) is 20.9. The second-order valence-electron chi connectivity index (χ2n) is 7.89. The number of fused-ring (bicyclic) bond motifs is 1. The molecule has 0 spiro atoms. The molecule has 1 fully saturated rings. The van der Waals surface area contributed by atoms with E-state index in [0.717, 1.165) is 11.3 Å². The molecule has 2 aliphatic rings. The maximum atomic E-state index is 13.0. The van der Waals surface area contributed by atoms with Gasteiger partial charge in [-0.25, -0.2) is 0 Å². The van der Waals surface area contributed by atoms with Gasteiger partial charge in [-0.15, -0.1) is 0 Å². The maximum absolute atomic E-state index is 13.0. The molecule has 0 radical (unpaired) electrons. The molecule has 1 amide bonds. The van der Waals surface area contributed by atoms with E-state index in [0.29, 0.717) is 37.1 Å². The minimum absolute atomic E-state index is 0.0417. The van der Waals surface area contributed by atoms with Gasteiger partial charge < -0.3 is 24.6 Å². The quantitative estimate of drug-likeness (QED) is 0.321. The number of hydrogen-bond acceptors (Lipinski definition) is 6. The van der Waals surface area contributed by atoms with E-state index in [-0.39, 0.29) is 23.2 Å². The number of aliphatic hydroxyl groups is 1. The van der Waals surface area contributed by atoms with Crippen molar-refractivity contribution < 1.29 is 29.3 Å². The van der Waals surface area contributed by atoms with E-state index in [9.17, 15) is 19.8 Å². The zero-order valence-electron chi connectivity index (χ0n) is 17.5. The number of aromatic hydroxyl groups is 1. The first-order valence-corrected chi connectivity index (χ1v) is 10.3. The Bertz CT molecular complexity index is 1040. The maximum Gasteiger partial charge on any atom is 0.295 e. The molecule has 0 aromatic heterocycles. The molecule has 7 nitrogen and oxygen atoms in total. The number of phenolic OH excluding ortho intramolecular Hbond substituents is 1. The van der Waals surface area contributed by atoms with Crippen LogP contribution in [0, 0.1) is 0 Å². The molecular weight excluding hydrogens is 398 g/mol. The van der Waals surface area contributed by atoms with E-state index in [1.807, 2.05) is 6.92 Å². The molecule has 0 aliphatic carbocycles. The lowest BCUT2D eigenvalue weighted by molar-refractivity contribution is -0.140. The predicted molar refractivity (Wildman–Crippen MR) is 114 cm³/mol. The number of carbonyl (C=O) groups excluding carboxylic acids is 2. The Kier molecular flexibility index (Phi) is 5.69. The number of Topliss-reactive ketones (excluding diaryl/α,β-unsaturated/α-hetero) is 1. The molecule has 0 bridgehead atoms. The highest BCUT2D eigenvalue weighted by atomic mass is 16.5. The molecule has 2 heterocycles. The van der Waals surface area contributed by atoms with Gasteiger partial charge in [-0.3, -0.25) is 9.59 Å². The molecule has 31 heavy (non-hydrogen) atoms. The molecule has 2 unspecified atom stereocenters. The van der Waals surface area contributed by atoms with Crippen molar-refractivity contribution in [3.05, 3.63) is 64.7 Å². The fourth-order valence-electron chi connectivity index (χ4n) is 4.22. The minimum atomic E-state index is -0.749. The topological polar surface area (TPSA) is 96.3 Å². The fraction of sp³-hybridized carbons (Fsp3) is 0.333. The number of phenols is 1. The fourth-order valence-corrected chi connectivity index (χ4v) is 4.22. The van der Waals surface area contributed by atoms with Gasteiger partial charge in [0.05, 0.1) is 11.6 Å². The average molecular weight is 423 g/mol. The summed E-state index contributed by atoms with van der Waals surface area (Å²) in [5, 5.41) is 20.8. The lowest BCUT2D eigenvalue weighted by Crippen LogP contribution is -2.31. The SMILES string of the molecule is COCCCN1C(=O)C(=O)/C(=C(/O)c2ccc3c(c2)CC(C)O3)C1c1ccc(O)cc1. The van der Waals surface area contributed by atoms with Crippen LogP contribution in [0.3, 0.4) is 0 Å². The molecule has 1 saturated heterocycles. The number of nitrogens with zero attached hydrogens (tertiary/aromatic N) is 1. The summed E-state index contributed by atoms with van der Waals surface area (Å²) in [6.07, 6.45) is 1.31. The first-order chi connectivity index (χ1) is 14.9. The lowest BCUT2D eigenvalue weighted by Gasteiger charge is -2.25. The van der Waals surface area contributed by atoms with Crippen molar-refractivity contribution in [2.24, 2.45) is 0 Å². The van der Waals surface area contributed by atoms with Gasteiger partial charge in [0.25, 0.3) is 11.7 Å². The van der Waals surface area contributed by atoms with Crippen LogP contribution < -0.4 is 4.74 Å². The second-order valence-corrected chi connectivity index (χ2v) is 7.89. The number of benzene rings is 2. The minimum Gasteiger partial charge on any atom is -0.508 e. The third-order valence-corrected chi connectivity index (χ3v) is 5.67. The lowest BCUT2D eigenvalue weighted by atomic mass is 9.94. The monoisotopic (exact) mass is 423 g/mol. The number of ether oxygens (including phenoxy) is 2. The number of carbonyl (C=O) groups is 2. The van der Waals surface area contributed by atoms with Crippen LogP contribution in [0.5, 0.6) is 11.5 Å². The van der Waals surface area contributed by atoms with E-state index in [4.69, 9.17) is 9.47 Å². The molecule has 4 rings (SSSR count). The van der Waals surface area contributed by atoms with Crippen molar-refractivity contribution in [2.75, 3.05) is 20.3 Å². The summed E-state index contributed by atoms with van der Waals surface area (Å²) in [4.78, 5) is 27.3. The van der Waals surface area contributed by atoms with E-state index < -0.39 is 17.7 Å². The van der Waals surface area contributed by atoms with Crippen LogP contribution in [0.1, 0.15) is 36.1 Å². The van der Waals surface area contributed by atoms with Gasteiger partial charge in [-0.1, -0.05) is 12.1 Å². The van der Waals surface area contributed by atoms with E-state index in [2.05, 4.69) is 0 Å². The molecule has 162 valence electrons. The van der Waals surface area contributed by atoms with Crippen molar-refractivity contribution in [2.45, 2.75) is 31.9 Å². The number of aliphatic hydroxyl groups excluding tert-OH is 1. The summed E-state index contributed by atoms with van der Waals surface area (Å²) < 4.78 is 10.8. The van der Waals surface area contributed by atoms with Gasteiger partial charge in [-0.2, -0.15) is 0 Å². The number of likely N-dealkylation sites (tertiary alicyclic amines) is 1. The van der Waals surface area contributed by atoms with Crippen molar-refractivity contribution in [3.63, 3.8) is 0 Å². The number of rotatable bonds is 6. The highest BCUT2D eigenvalue weighted by Gasteiger charge is 2.45. The van der Waals surface area contributed by atoms with E-state index in [1.54, 1.807) is 37.4 Å². The summed E-state index contributed by atoms with van der Waals surface area (Å²) in [6, 6.07) is 10.8. The Balaban J connectivity index is 1.79. The summed E-state index contributed by atoms with van der Waals surface area (Å²) >= 11 is 0. The second kappa shape index (κ2) is 8.43. The van der Waals surface area contributed by atoms with Crippen LogP contribution in [-0.2, 0) is 20.7 Å². The van der Waals surface area contributed by atoms with Gasteiger partial charge >= 0.3 is 0 Å². The van der Waals surface area contributed by atoms with Gasteiger partial charge in [0.2, 0.25) is 0 Å². The van der Waals surface area contributed by atoms with Gasteiger partial charge in [0.1, 0.15) is 23.4 Å². The Morgan fingerprint density at radius 1 is 1.19 bits per heavy atom. The highest BCUT2D eigenvalue weighted by molar-refractivity contribution is 6.46. The van der Waals surface area contributed by atoms with Gasteiger partial charge in [-0.05, 0) is 54.8 Å². The third kappa shape index (κ3) is 3.88. The number of ketones is 1. The highest BCUT2D eigenvalue weighted by Crippen LogP contribution is 2.41. The van der Waals surface area contributed by atoms with Crippen molar-refractivity contribution in [1.82, 2.24) is 4.90 Å². The first-order valence-electron chi connectivity index (χ1n) is 10.3. The Morgan fingerprint density at radius 3 is 2.65 bits per heavy atom. The summed E-state index contributed by atoms with van der Waals surface area (Å²) in [5.41, 5.74) is 2.09. The van der Waals surface area contributed by atoms with Crippen molar-refractivity contribution >= 4 is 17.4 Å². The third-order valence-electron chi connectivity index (χ3n) is 5.67. The standard InChI is InChI=1S/C24H25NO6/c1-14-12-17-13-16(6-9-19(17)31-14)22(27)20-21(15-4-7-18(26)8-5-15)25(10-3-11-30-2)24(29)23(20)28/h4-9,13-14,21,26-27H,3,10-12H2,1-2H3/b22-20+. The molecule has 7 heteroatoms. The molecule has 2 N–H and O–H groups in total. The largest absolute Gasteiger partial charge is 0.508 e. The van der Waals surface area contributed by atoms with E-state index in [1.165, 1.54) is 17.0 Å². The molecule has 0 saturated carbocycles. The molecule has 2 aromatic carbocycles. The summed E-state index contributed by atoms with van der Waals surface area (Å²) in [5.74, 6) is -0.757. The van der Waals surface area contributed by atoms with E-state index >= 15 is 0 Å².